The van der Waals surface area contributed by atoms with Gasteiger partial charge in [0.25, 0.3) is 0 Å². The van der Waals surface area contributed by atoms with Gasteiger partial charge >= 0.3 is 10.2 Å². The smallest absolute Gasteiger partial charge is 0.302 e. The van der Waals surface area contributed by atoms with E-state index in [2.05, 4.69) is 20.0 Å². The fraction of sp³-hybridized carbons (Fsp3) is 0.474. The van der Waals surface area contributed by atoms with Gasteiger partial charge in [-0.25, -0.2) is 13.8 Å². The lowest BCUT2D eigenvalue weighted by atomic mass is 10.2. The first kappa shape index (κ1) is 24.6. The SMILES string of the molecule is C[C@@H](O)[C@@H](C)Oc1cc(NS(=O)(=O)N2CCNCC2)nc(SCc2cccc(F)c2F)n1. The Morgan fingerprint density at radius 1 is 1.28 bits per heavy atom. The third kappa shape index (κ3) is 6.48. The molecule has 9 nitrogen and oxygen atoms in total. The Bertz CT molecular complexity index is 1040. The third-order valence-electron chi connectivity index (χ3n) is 4.71. The van der Waals surface area contributed by atoms with Gasteiger partial charge in [-0.3, -0.25) is 4.72 Å². The number of piperazine rings is 1. The molecule has 0 bridgehead atoms. The number of thioether (sulfide) groups is 1. The van der Waals surface area contributed by atoms with Crippen molar-refractivity contribution < 1.29 is 27.0 Å². The second-order valence-corrected chi connectivity index (χ2v) is 9.81. The van der Waals surface area contributed by atoms with Crippen molar-refractivity contribution in [1.29, 1.82) is 0 Å². The number of rotatable bonds is 9. The van der Waals surface area contributed by atoms with Crippen LogP contribution >= 0.6 is 11.8 Å². The molecule has 0 unspecified atom stereocenters. The van der Waals surface area contributed by atoms with Crippen LogP contribution < -0.4 is 14.8 Å². The van der Waals surface area contributed by atoms with Crippen LogP contribution in [0.3, 0.4) is 0 Å². The van der Waals surface area contributed by atoms with E-state index < -0.39 is 34.1 Å². The van der Waals surface area contributed by atoms with Crippen LogP contribution in [0.1, 0.15) is 19.4 Å². The van der Waals surface area contributed by atoms with Gasteiger partial charge in [-0.05, 0) is 19.9 Å². The first-order valence-electron chi connectivity index (χ1n) is 9.94. The second kappa shape index (κ2) is 10.7. The molecule has 1 saturated heterocycles. The number of hydrogen-bond donors (Lipinski definition) is 3. The summed E-state index contributed by atoms with van der Waals surface area (Å²) >= 11 is 0.992. The van der Waals surface area contributed by atoms with Gasteiger partial charge in [-0.1, -0.05) is 23.9 Å². The monoisotopic (exact) mass is 489 g/mol. The predicted octanol–water partition coefficient (Wildman–Crippen LogP) is 1.76. The van der Waals surface area contributed by atoms with E-state index >= 15 is 0 Å². The normalized spacial score (nSPS) is 17.0. The summed E-state index contributed by atoms with van der Waals surface area (Å²) in [7, 11) is -3.86. The van der Waals surface area contributed by atoms with Gasteiger partial charge in [0.05, 0.1) is 6.10 Å². The zero-order valence-electron chi connectivity index (χ0n) is 17.6. The minimum Gasteiger partial charge on any atom is -0.472 e. The topological polar surface area (TPSA) is 117 Å². The van der Waals surface area contributed by atoms with Crippen molar-refractivity contribution in [3.63, 3.8) is 0 Å². The molecule has 0 radical (unpaired) electrons. The molecule has 2 heterocycles. The highest BCUT2D eigenvalue weighted by atomic mass is 32.2. The number of anilines is 1. The van der Waals surface area contributed by atoms with E-state index in [0.717, 1.165) is 17.8 Å². The van der Waals surface area contributed by atoms with Crippen LogP contribution in [-0.2, 0) is 16.0 Å². The van der Waals surface area contributed by atoms with Gasteiger partial charge in [0, 0.05) is 43.6 Å². The molecule has 1 aliphatic rings. The maximum Gasteiger partial charge on any atom is 0.302 e. The lowest BCUT2D eigenvalue weighted by Crippen LogP contribution is -2.48. The molecule has 1 aromatic heterocycles. The Hall–Kier alpha value is -2.06. The Morgan fingerprint density at radius 2 is 2.00 bits per heavy atom. The molecular formula is C19H25F2N5O4S2. The summed E-state index contributed by atoms with van der Waals surface area (Å²) in [5.41, 5.74) is 0.116. The van der Waals surface area contributed by atoms with E-state index in [4.69, 9.17) is 4.74 Å². The standard InChI is InChI=1S/C19H25F2N5O4S2/c1-12(27)13(2)30-17-10-16(25-32(28,29)26-8-6-22-7-9-26)23-19(24-17)31-11-14-4-3-5-15(20)18(14)21/h3-5,10,12-13,22,27H,6-9,11H2,1-2H3,(H,23,24,25)/t12-,13-/m1/s1. The first-order chi connectivity index (χ1) is 15.2. The van der Waals surface area contributed by atoms with E-state index in [9.17, 15) is 22.3 Å². The number of hydrogen-bond acceptors (Lipinski definition) is 8. The summed E-state index contributed by atoms with van der Waals surface area (Å²) in [5, 5.41) is 12.9. The van der Waals surface area contributed by atoms with Crippen LogP contribution in [0.5, 0.6) is 5.88 Å². The highest BCUT2D eigenvalue weighted by Crippen LogP contribution is 2.27. The van der Waals surface area contributed by atoms with Crippen molar-refractivity contribution in [2.45, 2.75) is 37.0 Å². The molecule has 3 N–H and O–H groups in total. The van der Waals surface area contributed by atoms with Crippen LogP contribution in [0.15, 0.2) is 29.4 Å². The summed E-state index contributed by atoms with van der Waals surface area (Å²) in [6.45, 7) is 4.86. The number of aliphatic hydroxyl groups is 1. The Balaban J connectivity index is 1.84. The fourth-order valence-electron chi connectivity index (χ4n) is 2.75. The highest BCUT2D eigenvalue weighted by molar-refractivity contribution is 7.98. The number of nitrogens with zero attached hydrogens (tertiary/aromatic N) is 3. The van der Waals surface area contributed by atoms with Crippen molar-refractivity contribution in [3.8, 4) is 5.88 Å². The van der Waals surface area contributed by atoms with E-state index in [0.29, 0.717) is 26.2 Å². The largest absolute Gasteiger partial charge is 0.472 e. The Labute approximate surface area is 189 Å². The maximum absolute atomic E-state index is 14.0. The van der Waals surface area contributed by atoms with Crippen LogP contribution in [0.25, 0.3) is 0 Å². The van der Waals surface area contributed by atoms with Crippen molar-refractivity contribution >= 4 is 27.8 Å². The molecule has 32 heavy (non-hydrogen) atoms. The van der Waals surface area contributed by atoms with Gasteiger partial charge in [-0.2, -0.15) is 17.7 Å². The molecular weight excluding hydrogens is 464 g/mol. The molecule has 176 valence electrons. The molecule has 1 fully saturated rings. The van der Waals surface area contributed by atoms with Gasteiger partial charge in [0.1, 0.15) is 11.9 Å². The van der Waals surface area contributed by atoms with E-state index in [1.165, 1.54) is 22.5 Å². The number of aromatic nitrogens is 2. The van der Waals surface area contributed by atoms with Crippen LogP contribution in [0, 0.1) is 11.6 Å². The molecule has 13 heteroatoms. The third-order valence-corrected chi connectivity index (χ3v) is 7.11. The molecule has 0 saturated carbocycles. The summed E-state index contributed by atoms with van der Waals surface area (Å²) in [6.07, 6.45) is -1.43. The molecule has 1 aliphatic heterocycles. The van der Waals surface area contributed by atoms with Crippen LogP contribution in [-0.4, -0.2) is 66.2 Å². The summed E-state index contributed by atoms with van der Waals surface area (Å²) < 4.78 is 62.2. The van der Waals surface area contributed by atoms with Crippen molar-refractivity contribution in [1.82, 2.24) is 19.6 Å². The molecule has 2 aromatic rings. The first-order valence-corrected chi connectivity index (χ1v) is 12.4. The highest BCUT2D eigenvalue weighted by Gasteiger charge is 2.25. The number of ether oxygens (including phenoxy) is 1. The average Bonchev–Trinajstić information content (AvgIpc) is 2.75. The minimum absolute atomic E-state index is 0.0169. The van der Waals surface area contributed by atoms with Gasteiger partial charge in [0.15, 0.2) is 16.8 Å². The number of nitrogens with one attached hydrogen (secondary N) is 2. The molecule has 2 atom stereocenters. The van der Waals surface area contributed by atoms with Crippen molar-refractivity contribution in [2.24, 2.45) is 0 Å². The van der Waals surface area contributed by atoms with Gasteiger partial charge in [-0.15, -0.1) is 0 Å². The van der Waals surface area contributed by atoms with E-state index in [-0.39, 0.29) is 28.2 Å². The second-order valence-electron chi connectivity index (χ2n) is 7.20. The molecule has 0 aliphatic carbocycles. The predicted molar refractivity (Wildman–Crippen MR) is 117 cm³/mol. The van der Waals surface area contributed by atoms with Crippen molar-refractivity contribution in [2.75, 3.05) is 30.9 Å². The van der Waals surface area contributed by atoms with Gasteiger partial charge < -0.3 is 15.2 Å². The summed E-state index contributed by atoms with van der Waals surface area (Å²) in [4.78, 5) is 8.40. The lowest BCUT2D eigenvalue weighted by Gasteiger charge is -2.26. The average molecular weight is 490 g/mol. The molecule has 0 spiro atoms. The number of benzene rings is 1. The Kier molecular flexibility index (Phi) is 8.22. The quantitative estimate of drug-likeness (QED) is 0.360. The van der Waals surface area contributed by atoms with E-state index in [1.54, 1.807) is 13.8 Å². The van der Waals surface area contributed by atoms with Crippen molar-refractivity contribution in [3.05, 3.63) is 41.5 Å². The fourth-order valence-corrected chi connectivity index (χ4v) is 4.74. The summed E-state index contributed by atoms with van der Waals surface area (Å²) in [5.74, 6) is -1.91. The molecule has 1 aromatic carbocycles. The maximum atomic E-state index is 14.0. The molecule has 3 rings (SSSR count). The zero-order valence-corrected chi connectivity index (χ0v) is 19.2. The van der Waals surface area contributed by atoms with Crippen LogP contribution in [0.4, 0.5) is 14.6 Å². The summed E-state index contributed by atoms with van der Waals surface area (Å²) in [6, 6.07) is 5.17. The lowest BCUT2D eigenvalue weighted by molar-refractivity contribution is 0.0569. The van der Waals surface area contributed by atoms with Gasteiger partial charge in [0.2, 0.25) is 5.88 Å². The number of aliphatic hydroxyl groups excluding tert-OH is 1. The minimum atomic E-state index is -3.86. The van der Waals surface area contributed by atoms with Crippen LogP contribution in [0.2, 0.25) is 0 Å². The Morgan fingerprint density at radius 3 is 2.69 bits per heavy atom. The number of halogens is 2. The van der Waals surface area contributed by atoms with E-state index in [1.807, 2.05) is 0 Å². The molecule has 0 amide bonds. The zero-order chi connectivity index (χ0) is 23.3.